The molecule has 0 fully saturated rings. The standard InChI is InChI=1S/C16H15FN2O2/c17-12-5-7-13(8-6-12)18-16(20)19-14-9-11-3-1-2-4-15(11)21-10-14/h1-8,14H,9-10H2,(H2,18,19,20)/t14-/m0/s1. The Hall–Kier alpha value is -2.56. The van der Waals surface area contributed by atoms with Gasteiger partial charge in [0.05, 0.1) is 6.04 Å². The van der Waals surface area contributed by atoms with Gasteiger partial charge >= 0.3 is 6.03 Å². The molecule has 0 aliphatic carbocycles. The molecule has 0 bridgehead atoms. The third-order valence-corrected chi connectivity index (χ3v) is 3.32. The number of hydrogen-bond acceptors (Lipinski definition) is 2. The Balaban J connectivity index is 1.57. The summed E-state index contributed by atoms with van der Waals surface area (Å²) in [6.45, 7) is 0.438. The Morgan fingerprint density at radius 1 is 1.14 bits per heavy atom. The van der Waals surface area contributed by atoms with Crippen LogP contribution in [0.3, 0.4) is 0 Å². The fraction of sp³-hybridized carbons (Fsp3) is 0.188. The molecule has 108 valence electrons. The lowest BCUT2D eigenvalue weighted by molar-refractivity contribution is 0.222. The van der Waals surface area contributed by atoms with Crippen molar-refractivity contribution >= 4 is 11.7 Å². The van der Waals surface area contributed by atoms with Gasteiger partial charge in [-0.15, -0.1) is 0 Å². The van der Waals surface area contributed by atoms with Crippen molar-refractivity contribution in [3.05, 3.63) is 59.9 Å². The highest BCUT2D eigenvalue weighted by molar-refractivity contribution is 5.89. The van der Waals surface area contributed by atoms with Crippen LogP contribution >= 0.6 is 0 Å². The van der Waals surface area contributed by atoms with Crippen LogP contribution in [0, 0.1) is 5.82 Å². The minimum absolute atomic E-state index is 0.0830. The normalized spacial score (nSPS) is 16.5. The van der Waals surface area contributed by atoms with Crippen LogP contribution in [0.1, 0.15) is 5.56 Å². The molecule has 3 rings (SSSR count). The van der Waals surface area contributed by atoms with Gasteiger partial charge in [0.25, 0.3) is 0 Å². The third kappa shape index (κ3) is 3.31. The highest BCUT2D eigenvalue weighted by Crippen LogP contribution is 2.23. The minimum atomic E-state index is -0.335. The van der Waals surface area contributed by atoms with E-state index in [2.05, 4.69) is 10.6 Å². The summed E-state index contributed by atoms with van der Waals surface area (Å²) in [4.78, 5) is 11.9. The maximum Gasteiger partial charge on any atom is 0.319 e. The predicted molar refractivity (Wildman–Crippen MR) is 78.0 cm³/mol. The van der Waals surface area contributed by atoms with Gasteiger partial charge in [0.1, 0.15) is 18.2 Å². The number of carbonyl (C=O) groups is 1. The van der Waals surface area contributed by atoms with E-state index in [1.54, 1.807) is 0 Å². The molecular weight excluding hydrogens is 271 g/mol. The zero-order chi connectivity index (χ0) is 14.7. The van der Waals surface area contributed by atoms with Gasteiger partial charge in [0.15, 0.2) is 0 Å². The second-order valence-corrected chi connectivity index (χ2v) is 4.93. The van der Waals surface area contributed by atoms with Gasteiger partial charge in [-0.25, -0.2) is 9.18 Å². The molecule has 4 nitrogen and oxygen atoms in total. The summed E-state index contributed by atoms with van der Waals surface area (Å²) in [7, 11) is 0. The van der Waals surface area contributed by atoms with Gasteiger partial charge in [0.2, 0.25) is 0 Å². The molecule has 2 aromatic carbocycles. The quantitative estimate of drug-likeness (QED) is 0.891. The molecule has 2 N–H and O–H groups in total. The summed E-state index contributed by atoms with van der Waals surface area (Å²) in [5.41, 5.74) is 1.63. The average molecular weight is 286 g/mol. The molecule has 0 spiro atoms. The van der Waals surface area contributed by atoms with Crippen molar-refractivity contribution in [3.8, 4) is 5.75 Å². The summed E-state index contributed by atoms with van der Waals surface area (Å²) < 4.78 is 18.4. The number of fused-ring (bicyclic) bond motifs is 1. The molecule has 2 aromatic rings. The summed E-state index contributed by atoms with van der Waals surface area (Å²) in [5, 5.41) is 5.52. The van der Waals surface area contributed by atoms with Crippen molar-refractivity contribution in [3.63, 3.8) is 0 Å². The zero-order valence-electron chi connectivity index (χ0n) is 11.3. The van der Waals surface area contributed by atoms with E-state index in [9.17, 15) is 9.18 Å². The Morgan fingerprint density at radius 3 is 2.71 bits per heavy atom. The number of carbonyl (C=O) groups excluding carboxylic acids is 1. The molecule has 0 saturated carbocycles. The molecule has 0 radical (unpaired) electrons. The van der Waals surface area contributed by atoms with E-state index in [0.29, 0.717) is 12.3 Å². The minimum Gasteiger partial charge on any atom is -0.491 e. The molecule has 0 unspecified atom stereocenters. The highest BCUT2D eigenvalue weighted by atomic mass is 19.1. The van der Waals surface area contributed by atoms with Crippen LogP contribution in [0.25, 0.3) is 0 Å². The van der Waals surface area contributed by atoms with Crippen molar-refractivity contribution in [2.75, 3.05) is 11.9 Å². The van der Waals surface area contributed by atoms with Crippen LogP contribution in [0.5, 0.6) is 5.75 Å². The summed E-state index contributed by atoms with van der Waals surface area (Å²) in [6, 6.07) is 13.0. The van der Waals surface area contributed by atoms with Crippen LogP contribution < -0.4 is 15.4 Å². The first-order chi connectivity index (χ1) is 10.2. The van der Waals surface area contributed by atoms with E-state index in [1.807, 2.05) is 24.3 Å². The van der Waals surface area contributed by atoms with Gasteiger partial charge in [-0.2, -0.15) is 0 Å². The van der Waals surface area contributed by atoms with E-state index < -0.39 is 0 Å². The first kappa shape index (κ1) is 13.4. The molecule has 1 atom stereocenters. The molecule has 0 saturated heterocycles. The molecule has 0 aromatic heterocycles. The van der Waals surface area contributed by atoms with E-state index >= 15 is 0 Å². The van der Waals surface area contributed by atoms with Crippen LogP contribution in [-0.4, -0.2) is 18.7 Å². The number of para-hydroxylation sites is 1. The Kier molecular flexibility index (Phi) is 3.73. The molecular formula is C16H15FN2O2. The Bertz CT molecular complexity index is 643. The summed E-state index contributed by atoms with van der Waals surface area (Å²) >= 11 is 0. The second kappa shape index (κ2) is 5.83. The van der Waals surface area contributed by atoms with Crippen LogP contribution in [0.15, 0.2) is 48.5 Å². The molecule has 1 heterocycles. The second-order valence-electron chi connectivity index (χ2n) is 4.93. The average Bonchev–Trinajstić information content (AvgIpc) is 2.49. The monoisotopic (exact) mass is 286 g/mol. The first-order valence-corrected chi connectivity index (χ1v) is 6.74. The Labute approximate surface area is 121 Å². The lowest BCUT2D eigenvalue weighted by Crippen LogP contribution is -2.44. The van der Waals surface area contributed by atoms with Gasteiger partial charge in [-0.05, 0) is 42.3 Å². The van der Waals surface area contributed by atoms with Gasteiger partial charge in [0, 0.05) is 5.69 Å². The zero-order valence-corrected chi connectivity index (χ0v) is 11.3. The SMILES string of the molecule is O=C(Nc1ccc(F)cc1)N[C@@H]1COc2ccccc2C1. The molecule has 1 aliphatic rings. The maximum absolute atomic E-state index is 12.8. The fourth-order valence-corrected chi connectivity index (χ4v) is 2.31. The number of halogens is 1. The largest absolute Gasteiger partial charge is 0.491 e. The van der Waals surface area contributed by atoms with Gasteiger partial charge in [-0.3, -0.25) is 0 Å². The van der Waals surface area contributed by atoms with Crippen LogP contribution in [0.4, 0.5) is 14.9 Å². The predicted octanol–water partition coefficient (Wildman–Crippen LogP) is 2.95. The van der Waals surface area contributed by atoms with E-state index in [4.69, 9.17) is 4.74 Å². The molecule has 2 amide bonds. The number of nitrogens with one attached hydrogen (secondary N) is 2. The van der Waals surface area contributed by atoms with E-state index in [1.165, 1.54) is 24.3 Å². The summed E-state index contributed by atoms with van der Waals surface area (Å²) in [6.07, 6.45) is 0.729. The van der Waals surface area contributed by atoms with Crippen LogP contribution in [-0.2, 0) is 6.42 Å². The number of benzene rings is 2. The van der Waals surface area contributed by atoms with Crippen LogP contribution in [0.2, 0.25) is 0 Å². The maximum atomic E-state index is 12.8. The van der Waals surface area contributed by atoms with Crippen molar-refractivity contribution in [1.82, 2.24) is 5.32 Å². The first-order valence-electron chi connectivity index (χ1n) is 6.74. The molecule has 21 heavy (non-hydrogen) atoms. The lowest BCUT2D eigenvalue weighted by atomic mass is 10.0. The van der Waals surface area contributed by atoms with Gasteiger partial charge < -0.3 is 15.4 Å². The van der Waals surface area contributed by atoms with Crippen molar-refractivity contribution in [1.29, 1.82) is 0 Å². The van der Waals surface area contributed by atoms with Crippen molar-refractivity contribution in [2.45, 2.75) is 12.5 Å². The van der Waals surface area contributed by atoms with E-state index in [-0.39, 0.29) is 17.9 Å². The van der Waals surface area contributed by atoms with Crippen molar-refractivity contribution < 1.29 is 13.9 Å². The van der Waals surface area contributed by atoms with Gasteiger partial charge in [-0.1, -0.05) is 18.2 Å². The lowest BCUT2D eigenvalue weighted by Gasteiger charge is -2.26. The molecule has 1 aliphatic heterocycles. The van der Waals surface area contributed by atoms with E-state index in [0.717, 1.165) is 17.7 Å². The number of urea groups is 1. The van der Waals surface area contributed by atoms with Crippen molar-refractivity contribution in [2.24, 2.45) is 0 Å². The topological polar surface area (TPSA) is 50.4 Å². The number of rotatable bonds is 2. The smallest absolute Gasteiger partial charge is 0.319 e. The fourth-order valence-electron chi connectivity index (χ4n) is 2.31. The number of hydrogen-bond donors (Lipinski definition) is 2. The number of amides is 2. The Morgan fingerprint density at radius 2 is 1.90 bits per heavy atom. The molecule has 5 heteroatoms. The number of anilines is 1. The summed E-state index contributed by atoms with van der Waals surface area (Å²) in [5.74, 6) is 0.535. The number of ether oxygens (including phenoxy) is 1. The highest BCUT2D eigenvalue weighted by Gasteiger charge is 2.20. The third-order valence-electron chi connectivity index (χ3n) is 3.32.